The SMILES string of the molecule is CNC(=S)Nc1c(Br)cccc1Br. The largest absolute Gasteiger partial charge is 0.366 e. The highest BCUT2D eigenvalue weighted by Crippen LogP contribution is 2.30. The molecule has 0 unspecified atom stereocenters. The zero-order chi connectivity index (χ0) is 9.84. The summed E-state index contributed by atoms with van der Waals surface area (Å²) in [6.07, 6.45) is 0. The number of nitrogens with one attached hydrogen (secondary N) is 2. The van der Waals surface area contributed by atoms with E-state index in [0.29, 0.717) is 5.11 Å². The summed E-state index contributed by atoms with van der Waals surface area (Å²) >= 11 is 11.8. The maximum Gasteiger partial charge on any atom is 0.170 e. The van der Waals surface area contributed by atoms with Crippen LogP contribution in [0.3, 0.4) is 0 Å². The van der Waals surface area contributed by atoms with Gasteiger partial charge in [-0.15, -0.1) is 0 Å². The van der Waals surface area contributed by atoms with Crippen molar-refractivity contribution in [2.45, 2.75) is 0 Å². The molecule has 2 nitrogen and oxygen atoms in total. The van der Waals surface area contributed by atoms with Gasteiger partial charge in [-0.05, 0) is 56.2 Å². The maximum atomic E-state index is 4.99. The van der Waals surface area contributed by atoms with Crippen LogP contribution >= 0.6 is 44.1 Å². The topological polar surface area (TPSA) is 24.1 Å². The van der Waals surface area contributed by atoms with Gasteiger partial charge in [0, 0.05) is 16.0 Å². The first kappa shape index (κ1) is 10.9. The molecule has 0 aliphatic carbocycles. The second kappa shape index (κ2) is 4.93. The molecule has 1 aromatic rings. The molecule has 0 aromatic heterocycles. The quantitative estimate of drug-likeness (QED) is 0.776. The second-order valence-electron chi connectivity index (χ2n) is 2.30. The molecule has 0 bridgehead atoms. The van der Waals surface area contributed by atoms with Crippen molar-refractivity contribution in [2.24, 2.45) is 0 Å². The van der Waals surface area contributed by atoms with Gasteiger partial charge in [0.15, 0.2) is 5.11 Å². The smallest absolute Gasteiger partial charge is 0.170 e. The van der Waals surface area contributed by atoms with Crippen LogP contribution in [0.5, 0.6) is 0 Å². The van der Waals surface area contributed by atoms with Crippen molar-refractivity contribution in [3.8, 4) is 0 Å². The molecule has 0 saturated heterocycles. The van der Waals surface area contributed by atoms with Crippen LogP contribution in [0.25, 0.3) is 0 Å². The number of anilines is 1. The number of hydrogen-bond donors (Lipinski definition) is 2. The standard InChI is InChI=1S/C8H8Br2N2S/c1-11-8(13)12-7-5(9)3-2-4-6(7)10/h2-4H,1H3,(H2,11,12,13). The number of halogens is 2. The fraction of sp³-hybridized carbons (Fsp3) is 0.125. The number of benzene rings is 1. The number of para-hydroxylation sites is 1. The highest BCUT2D eigenvalue weighted by Gasteiger charge is 2.04. The summed E-state index contributed by atoms with van der Waals surface area (Å²) in [6, 6.07) is 5.85. The van der Waals surface area contributed by atoms with Gasteiger partial charge in [-0.1, -0.05) is 6.07 Å². The zero-order valence-electron chi connectivity index (χ0n) is 6.90. The molecule has 1 aromatic carbocycles. The molecule has 13 heavy (non-hydrogen) atoms. The molecule has 0 aliphatic heterocycles. The minimum Gasteiger partial charge on any atom is -0.366 e. The summed E-state index contributed by atoms with van der Waals surface area (Å²) in [5.41, 5.74) is 0.932. The van der Waals surface area contributed by atoms with Gasteiger partial charge in [-0.25, -0.2) is 0 Å². The highest BCUT2D eigenvalue weighted by molar-refractivity contribution is 9.11. The Bertz CT molecular complexity index is 308. The van der Waals surface area contributed by atoms with E-state index in [9.17, 15) is 0 Å². The van der Waals surface area contributed by atoms with E-state index in [0.717, 1.165) is 14.6 Å². The maximum absolute atomic E-state index is 4.99. The van der Waals surface area contributed by atoms with Gasteiger partial charge in [0.1, 0.15) is 0 Å². The first-order valence-electron chi connectivity index (χ1n) is 3.58. The van der Waals surface area contributed by atoms with Crippen LogP contribution in [-0.2, 0) is 0 Å². The lowest BCUT2D eigenvalue weighted by Gasteiger charge is -2.10. The molecule has 1 rings (SSSR count). The zero-order valence-corrected chi connectivity index (χ0v) is 10.9. The number of hydrogen-bond acceptors (Lipinski definition) is 1. The average Bonchev–Trinajstić information content (AvgIpc) is 2.11. The number of thiocarbonyl (C=S) groups is 1. The van der Waals surface area contributed by atoms with Crippen molar-refractivity contribution < 1.29 is 0 Å². The molecular formula is C8H8Br2N2S. The van der Waals surface area contributed by atoms with Crippen LogP contribution in [0.1, 0.15) is 0 Å². The molecule has 0 radical (unpaired) electrons. The third kappa shape index (κ3) is 2.93. The minimum atomic E-state index is 0.590. The Kier molecular flexibility index (Phi) is 4.15. The Morgan fingerprint density at radius 2 is 1.85 bits per heavy atom. The Hall–Kier alpha value is -0.130. The first-order valence-corrected chi connectivity index (χ1v) is 5.57. The molecular weight excluding hydrogens is 316 g/mol. The van der Waals surface area contributed by atoms with Crippen molar-refractivity contribution in [1.29, 1.82) is 0 Å². The van der Waals surface area contributed by atoms with Gasteiger partial charge in [-0.2, -0.15) is 0 Å². The third-order valence-corrected chi connectivity index (χ3v) is 3.06. The van der Waals surface area contributed by atoms with Crippen LogP contribution in [0.15, 0.2) is 27.1 Å². The molecule has 2 N–H and O–H groups in total. The normalized spacial score (nSPS) is 9.46. The van der Waals surface area contributed by atoms with Crippen LogP contribution in [0.2, 0.25) is 0 Å². The first-order chi connectivity index (χ1) is 6.15. The van der Waals surface area contributed by atoms with Gasteiger partial charge in [0.2, 0.25) is 0 Å². The molecule has 0 saturated carbocycles. The van der Waals surface area contributed by atoms with Crippen LogP contribution in [0.4, 0.5) is 5.69 Å². The fourth-order valence-corrected chi connectivity index (χ4v) is 2.09. The predicted molar refractivity (Wildman–Crippen MR) is 67.1 cm³/mol. The molecule has 0 fully saturated rings. The summed E-state index contributed by atoms with van der Waals surface area (Å²) < 4.78 is 1.94. The summed E-state index contributed by atoms with van der Waals surface area (Å²) in [5.74, 6) is 0. The summed E-state index contributed by atoms with van der Waals surface area (Å²) in [5, 5.41) is 6.49. The molecule has 5 heteroatoms. The van der Waals surface area contributed by atoms with Crippen molar-refractivity contribution in [3.63, 3.8) is 0 Å². The van der Waals surface area contributed by atoms with Gasteiger partial charge < -0.3 is 10.6 Å². The molecule has 0 aliphatic rings. The van der Waals surface area contributed by atoms with Crippen LogP contribution in [-0.4, -0.2) is 12.2 Å². The van der Waals surface area contributed by atoms with Crippen LogP contribution in [0, 0.1) is 0 Å². The summed E-state index contributed by atoms with van der Waals surface area (Å²) in [7, 11) is 1.78. The molecule has 0 amide bonds. The van der Waals surface area contributed by atoms with E-state index in [4.69, 9.17) is 12.2 Å². The predicted octanol–water partition coefficient (Wildman–Crippen LogP) is 3.13. The fourth-order valence-electron chi connectivity index (χ4n) is 0.793. The lowest BCUT2D eigenvalue weighted by molar-refractivity contribution is 1.19. The third-order valence-electron chi connectivity index (χ3n) is 1.43. The summed E-state index contributed by atoms with van der Waals surface area (Å²) in [4.78, 5) is 0. The van der Waals surface area contributed by atoms with E-state index in [1.807, 2.05) is 18.2 Å². The van der Waals surface area contributed by atoms with Crippen molar-refractivity contribution in [3.05, 3.63) is 27.1 Å². The van der Waals surface area contributed by atoms with Gasteiger partial charge in [0.05, 0.1) is 5.69 Å². The van der Waals surface area contributed by atoms with Crippen molar-refractivity contribution in [1.82, 2.24) is 5.32 Å². The Morgan fingerprint density at radius 3 is 2.31 bits per heavy atom. The Morgan fingerprint density at radius 1 is 1.31 bits per heavy atom. The minimum absolute atomic E-state index is 0.590. The van der Waals surface area contributed by atoms with Crippen molar-refractivity contribution in [2.75, 3.05) is 12.4 Å². The summed E-state index contributed by atoms with van der Waals surface area (Å²) in [6.45, 7) is 0. The Labute approximate surface area is 99.4 Å². The van der Waals surface area contributed by atoms with Crippen molar-refractivity contribution >= 4 is 54.9 Å². The number of rotatable bonds is 1. The van der Waals surface area contributed by atoms with E-state index >= 15 is 0 Å². The lowest BCUT2D eigenvalue weighted by atomic mass is 10.3. The molecule has 70 valence electrons. The lowest BCUT2D eigenvalue weighted by Crippen LogP contribution is -2.24. The average molecular weight is 324 g/mol. The van der Waals surface area contributed by atoms with E-state index < -0.39 is 0 Å². The molecule has 0 atom stereocenters. The van der Waals surface area contributed by atoms with E-state index in [1.165, 1.54) is 0 Å². The van der Waals surface area contributed by atoms with E-state index in [-0.39, 0.29) is 0 Å². The van der Waals surface area contributed by atoms with Crippen LogP contribution < -0.4 is 10.6 Å². The van der Waals surface area contributed by atoms with Gasteiger partial charge >= 0.3 is 0 Å². The Balaban J connectivity index is 2.93. The van der Waals surface area contributed by atoms with E-state index in [1.54, 1.807) is 7.05 Å². The van der Waals surface area contributed by atoms with Gasteiger partial charge in [-0.3, -0.25) is 0 Å². The van der Waals surface area contributed by atoms with Gasteiger partial charge in [0.25, 0.3) is 0 Å². The molecule has 0 heterocycles. The highest BCUT2D eigenvalue weighted by atomic mass is 79.9. The molecule has 0 spiro atoms. The second-order valence-corrected chi connectivity index (χ2v) is 4.42. The van der Waals surface area contributed by atoms with E-state index in [2.05, 4.69) is 42.5 Å². The monoisotopic (exact) mass is 322 g/mol.